The summed E-state index contributed by atoms with van der Waals surface area (Å²) in [5, 5.41) is 9.27. The summed E-state index contributed by atoms with van der Waals surface area (Å²) in [5.41, 5.74) is 0. The van der Waals surface area contributed by atoms with E-state index in [1.165, 1.54) is 0 Å². The van der Waals surface area contributed by atoms with E-state index in [1.54, 1.807) is 0 Å². The van der Waals surface area contributed by atoms with Crippen molar-refractivity contribution in [2.75, 3.05) is 0 Å². The summed E-state index contributed by atoms with van der Waals surface area (Å²) >= 11 is 5.80. The van der Waals surface area contributed by atoms with Gasteiger partial charge in [0.15, 0.2) is 0 Å². The van der Waals surface area contributed by atoms with E-state index in [2.05, 4.69) is 6.92 Å². The predicted molar refractivity (Wildman–Crippen MR) is 45.5 cm³/mol. The highest BCUT2D eigenvalue weighted by atomic mass is 35.5. The second-order valence-corrected chi connectivity index (χ2v) is 3.19. The lowest BCUT2D eigenvalue weighted by atomic mass is 10.1. The normalized spacial score (nSPS) is 16.8. The minimum Gasteiger partial charge on any atom is -0.392 e. The van der Waals surface area contributed by atoms with Gasteiger partial charge in [-0.15, -0.1) is 11.6 Å². The molecule has 62 valence electrons. The SMILES string of the molecule is CCCCC(O)C(Cl)CC. The van der Waals surface area contributed by atoms with Crippen molar-refractivity contribution < 1.29 is 5.11 Å². The highest BCUT2D eigenvalue weighted by molar-refractivity contribution is 6.20. The van der Waals surface area contributed by atoms with E-state index < -0.39 is 0 Å². The third-order valence-electron chi connectivity index (χ3n) is 1.66. The summed E-state index contributed by atoms with van der Waals surface area (Å²) in [4.78, 5) is 0. The second kappa shape index (κ2) is 5.99. The van der Waals surface area contributed by atoms with Gasteiger partial charge in [0.25, 0.3) is 0 Å². The van der Waals surface area contributed by atoms with E-state index in [1.807, 2.05) is 6.92 Å². The molecule has 0 aromatic carbocycles. The molecular formula is C8H17ClO. The molecular weight excluding hydrogens is 148 g/mol. The Morgan fingerprint density at radius 2 is 2.00 bits per heavy atom. The molecule has 0 spiro atoms. The molecule has 0 aliphatic carbocycles. The van der Waals surface area contributed by atoms with Gasteiger partial charge in [-0.25, -0.2) is 0 Å². The van der Waals surface area contributed by atoms with Gasteiger partial charge in [0.2, 0.25) is 0 Å². The Hall–Kier alpha value is 0.250. The van der Waals surface area contributed by atoms with Crippen LogP contribution in [-0.2, 0) is 0 Å². The molecule has 2 unspecified atom stereocenters. The van der Waals surface area contributed by atoms with E-state index in [4.69, 9.17) is 11.6 Å². The third kappa shape index (κ3) is 4.13. The summed E-state index contributed by atoms with van der Waals surface area (Å²) in [5.74, 6) is 0. The molecule has 0 amide bonds. The van der Waals surface area contributed by atoms with Crippen LogP contribution >= 0.6 is 11.6 Å². The lowest BCUT2D eigenvalue weighted by molar-refractivity contribution is 0.154. The number of aliphatic hydroxyl groups excluding tert-OH is 1. The van der Waals surface area contributed by atoms with Gasteiger partial charge in [-0.1, -0.05) is 26.7 Å². The van der Waals surface area contributed by atoms with Crippen LogP contribution < -0.4 is 0 Å². The summed E-state index contributed by atoms with van der Waals surface area (Å²) in [6, 6.07) is 0. The van der Waals surface area contributed by atoms with E-state index in [0.29, 0.717) is 0 Å². The number of rotatable bonds is 5. The highest BCUT2D eigenvalue weighted by Crippen LogP contribution is 2.12. The van der Waals surface area contributed by atoms with Gasteiger partial charge in [-0.3, -0.25) is 0 Å². The predicted octanol–water partition coefficient (Wildman–Crippen LogP) is 2.55. The maximum Gasteiger partial charge on any atom is 0.0703 e. The molecule has 10 heavy (non-hydrogen) atoms. The topological polar surface area (TPSA) is 20.2 Å². The third-order valence-corrected chi connectivity index (χ3v) is 2.26. The zero-order chi connectivity index (χ0) is 7.98. The van der Waals surface area contributed by atoms with E-state index in [-0.39, 0.29) is 11.5 Å². The van der Waals surface area contributed by atoms with Crippen LogP contribution in [-0.4, -0.2) is 16.6 Å². The van der Waals surface area contributed by atoms with Crippen molar-refractivity contribution in [1.82, 2.24) is 0 Å². The zero-order valence-electron chi connectivity index (χ0n) is 6.81. The first-order valence-corrected chi connectivity index (χ1v) is 4.48. The van der Waals surface area contributed by atoms with Crippen LogP contribution in [0, 0.1) is 0 Å². The molecule has 1 nitrogen and oxygen atoms in total. The first kappa shape index (κ1) is 10.2. The molecule has 0 rings (SSSR count). The van der Waals surface area contributed by atoms with Crippen molar-refractivity contribution in [3.05, 3.63) is 0 Å². The first-order chi connectivity index (χ1) is 4.72. The molecule has 0 saturated heterocycles. The van der Waals surface area contributed by atoms with Crippen LogP contribution in [0.5, 0.6) is 0 Å². The molecule has 0 radical (unpaired) electrons. The van der Waals surface area contributed by atoms with Gasteiger partial charge >= 0.3 is 0 Å². The van der Waals surface area contributed by atoms with E-state index in [9.17, 15) is 5.11 Å². The van der Waals surface area contributed by atoms with Gasteiger partial charge in [0, 0.05) is 0 Å². The molecule has 2 atom stereocenters. The lowest BCUT2D eigenvalue weighted by Gasteiger charge is -2.13. The minimum atomic E-state index is -0.299. The van der Waals surface area contributed by atoms with Gasteiger partial charge in [0.1, 0.15) is 0 Å². The van der Waals surface area contributed by atoms with Crippen molar-refractivity contribution in [2.45, 2.75) is 51.0 Å². The largest absolute Gasteiger partial charge is 0.392 e. The van der Waals surface area contributed by atoms with Crippen LogP contribution in [0.4, 0.5) is 0 Å². The molecule has 0 heterocycles. The number of halogens is 1. The van der Waals surface area contributed by atoms with Crippen LogP contribution in [0.3, 0.4) is 0 Å². The Morgan fingerprint density at radius 1 is 1.40 bits per heavy atom. The lowest BCUT2D eigenvalue weighted by Crippen LogP contribution is -2.19. The fourth-order valence-corrected chi connectivity index (χ4v) is 0.992. The van der Waals surface area contributed by atoms with Gasteiger partial charge in [-0.05, 0) is 12.8 Å². The molecule has 0 aromatic heterocycles. The van der Waals surface area contributed by atoms with Gasteiger partial charge < -0.3 is 5.11 Å². The van der Waals surface area contributed by atoms with Crippen molar-refractivity contribution in [2.24, 2.45) is 0 Å². The fourth-order valence-electron chi connectivity index (χ4n) is 0.866. The maximum atomic E-state index is 9.32. The van der Waals surface area contributed by atoms with Crippen molar-refractivity contribution in [1.29, 1.82) is 0 Å². The minimum absolute atomic E-state index is 0.0495. The quantitative estimate of drug-likeness (QED) is 0.620. The first-order valence-electron chi connectivity index (χ1n) is 4.04. The van der Waals surface area contributed by atoms with Crippen LogP contribution in [0.25, 0.3) is 0 Å². The Balaban J connectivity index is 3.31. The van der Waals surface area contributed by atoms with Gasteiger partial charge in [-0.2, -0.15) is 0 Å². The van der Waals surface area contributed by atoms with Crippen molar-refractivity contribution >= 4 is 11.6 Å². The number of aliphatic hydroxyl groups is 1. The van der Waals surface area contributed by atoms with E-state index in [0.717, 1.165) is 25.7 Å². The molecule has 0 aliphatic heterocycles. The smallest absolute Gasteiger partial charge is 0.0703 e. The molecule has 0 fully saturated rings. The molecule has 0 bridgehead atoms. The second-order valence-electron chi connectivity index (χ2n) is 2.63. The molecule has 0 saturated carbocycles. The van der Waals surface area contributed by atoms with Crippen LogP contribution in [0.2, 0.25) is 0 Å². The monoisotopic (exact) mass is 164 g/mol. The van der Waals surface area contributed by atoms with Gasteiger partial charge in [0.05, 0.1) is 11.5 Å². The Morgan fingerprint density at radius 3 is 2.40 bits per heavy atom. The molecule has 0 aliphatic rings. The van der Waals surface area contributed by atoms with E-state index >= 15 is 0 Å². The summed E-state index contributed by atoms with van der Waals surface area (Å²) in [7, 11) is 0. The number of hydrogen-bond donors (Lipinski definition) is 1. The van der Waals surface area contributed by atoms with Crippen LogP contribution in [0.15, 0.2) is 0 Å². The molecule has 1 N–H and O–H groups in total. The Kier molecular flexibility index (Phi) is 6.14. The Labute approximate surface area is 68.4 Å². The van der Waals surface area contributed by atoms with Crippen molar-refractivity contribution in [3.63, 3.8) is 0 Å². The number of alkyl halides is 1. The zero-order valence-corrected chi connectivity index (χ0v) is 7.56. The number of hydrogen-bond acceptors (Lipinski definition) is 1. The molecule has 0 aromatic rings. The molecule has 2 heteroatoms. The summed E-state index contributed by atoms with van der Waals surface area (Å²) < 4.78 is 0. The Bertz CT molecular complexity index is 75.7. The van der Waals surface area contributed by atoms with Crippen LogP contribution in [0.1, 0.15) is 39.5 Å². The fraction of sp³-hybridized carbons (Fsp3) is 1.00. The standard InChI is InChI=1S/C8H17ClO/c1-3-5-6-8(10)7(9)4-2/h7-8,10H,3-6H2,1-2H3. The average Bonchev–Trinajstić information content (AvgIpc) is 1.98. The van der Waals surface area contributed by atoms with Crippen molar-refractivity contribution in [3.8, 4) is 0 Å². The maximum absolute atomic E-state index is 9.32. The summed E-state index contributed by atoms with van der Waals surface area (Å²) in [6.07, 6.45) is 3.60. The summed E-state index contributed by atoms with van der Waals surface area (Å²) in [6.45, 7) is 4.11. The number of unbranched alkanes of at least 4 members (excludes halogenated alkanes) is 1. The highest BCUT2D eigenvalue weighted by Gasteiger charge is 2.12. The average molecular weight is 165 g/mol.